The smallest absolute Gasteiger partial charge is 0.195 e. The van der Waals surface area contributed by atoms with Crippen molar-refractivity contribution in [2.24, 2.45) is 4.99 Å². The van der Waals surface area contributed by atoms with Gasteiger partial charge in [-0.1, -0.05) is 32.9 Å². The molecule has 0 unspecified atom stereocenters. The number of aliphatic imine (C=N–C) groups is 1. The standard InChI is InChI=1S/C26H29N3O2/c1-5-17-13-19-20(14-22(17)29-8-10-31-11-9-29)26(2,3)25-23(24(19)30)18-7-6-16(15-27-4)12-21(18)28-25/h6-7,12-15,28H,5,8-11H2,1-4H3/b27-15+. The number of carbonyl (C=O) groups excluding carboxylic acids is 1. The van der Waals surface area contributed by atoms with Gasteiger partial charge in [0, 0.05) is 59.6 Å². The molecule has 0 atom stereocenters. The van der Waals surface area contributed by atoms with Gasteiger partial charge in [-0.3, -0.25) is 9.79 Å². The minimum Gasteiger partial charge on any atom is -0.378 e. The van der Waals surface area contributed by atoms with E-state index in [-0.39, 0.29) is 11.2 Å². The first-order valence-electron chi connectivity index (χ1n) is 11.1. The lowest BCUT2D eigenvalue weighted by Crippen LogP contribution is -2.38. The molecule has 5 heteroatoms. The summed E-state index contributed by atoms with van der Waals surface area (Å²) >= 11 is 0. The number of H-pyrrole nitrogens is 1. The molecule has 160 valence electrons. The molecule has 0 bridgehead atoms. The number of aryl methyl sites for hydroxylation is 1. The van der Waals surface area contributed by atoms with Crippen LogP contribution < -0.4 is 4.90 Å². The summed E-state index contributed by atoms with van der Waals surface area (Å²) < 4.78 is 5.56. The zero-order valence-electron chi connectivity index (χ0n) is 18.7. The van der Waals surface area contributed by atoms with E-state index in [4.69, 9.17) is 4.74 Å². The minimum absolute atomic E-state index is 0.121. The average molecular weight is 416 g/mol. The minimum atomic E-state index is -0.302. The van der Waals surface area contributed by atoms with Gasteiger partial charge in [0.2, 0.25) is 0 Å². The van der Waals surface area contributed by atoms with E-state index in [0.29, 0.717) is 0 Å². The second kappa shape index (κ2) is 7.34. The number of hydrogen-bond donors (Lipinski definition) is 1. The molecule has 2 heterocycles. The number of ether oxygens (including phenoxy) is 1. The number of anilines is 1. The second-order valence-electron chi connectivity index (χ2n) is 9.00. The van der Waals surface area contributed by atoms with Crippen molar-refractivity contribution in [3.05, 3.63) is 63.8 Å². The molecule has 1 N–H and O–H groups in total. The summed E-state index contributed by atoms with van der Waals surface area (Å²) in [5, 5.41) is 0.988. The zero-order chi connectivity index (χ0) is 21.8. The largest absolute Gasteiger partial charge is 0.378 e. The van der Waals surface area contributed by atoms with E-state index in [9.17, 15) is 4.79 Å². The Morgan fingerprint density at radius 2 is 1.97 bits per heavy atom. The Hall–Kier alpha value is -2.92. The van der Waals surface area contributed by atoms with E-state index in [1.54, 1.807) is 7.05 Å². The molecule has 1 fully saturated rings. The summed E-state index contributed by atoms with van der Waals surface area (Å²) in [6.45, 7) is 9.87. The van der Waals surface area contributed by atoms with Crippen molar-refractivity contribution in [2.75, 3.05) is 38.3 Å². The van der Waals surface area contributed by atoms with Crippen molar-refractivity contribution in [1.29, 1.82) is 0 Å². The van der Waals surface area contributed by atoms with Crippen molar-refractivity contribution in [1.82, 2.24) is 4.98 Å². The Kier molecular flexibility index (Phi) is 4.74. The maximum Gasteiger partial charge on any atom is 0.195 e. The number of hydrogen-bond acceptors (Lipinski definition) is 4. The van der Waals surface area contributed by atoms with E-state index < -0.39 is 0 Å². The van der Waals surface area contributed by atoms with Crippen LogP contribution in [0.4, 0.5) is 5.69 Å². The van der Waals surface area contributed by atoms with Crippen LogP contribution in [-0.2, 0) is 16.6 Å². The lowest BCUT2D eigenvalue weighted by molar-refractivity contribution is 0.103. The molecule has 1 aromatic heterocycles. The molecular formula is C26H29N3O2. The molecule has 1 aliphatic heterocycles. The molecule has 0 spiro atoms. The molecule has 31 heavy (non-hydrogen) atoms. The summed E-state index contributed by atoms with van der Waals surface area (Å²) in [7, 11) is 1.77. The lowest BCUT2D eigenvalue weighted by Gasteiger charge is -2.36. The van der Waals surface area contributed by atoms with Crippen LogP contribution in [0.25, 0.3) is 10.9 Å². The van der Waals surface area contributed by atoms with Crippen LogP contribution in [0.15, 0.2) is 35.3 Å². The second-order valence-corrected chi connectivity index (χ2v) is 9.00. The maximum atomic E-state index is 13.8. The first-order valence-corrected chi connectivity index (χ1v) is 11.1. The highest BCUT2D eigenvalue weighted by Crippen LogP contribution is 2.45. The Labute approximate surface area is 183 Å². The number of fused-ring (bicyclic) bond motifs is 4. The lowest BCUT2D eigenvalue weighted by atomic mass is 9.70. The predicted molar refractivity (Wildman–Crippen MR) is 126 cm³/mol. The summed E-state index contributed by atoms with van der Waals surface area (Å²) in [6, 6.07) is 10.6. The predicted octanol–water partition coefficient (Wildman–Crippen LogP) is 4.49. The number of nitrogens with one attached hydrogen (secondary N) is 1. The number of nitrogens with zero attached hydrogens (tertiary/aromatic N) is 2. The highest BCUT2D eigenvalue weighted by atomic mass is 16.5. The highest BCUT2D eigenvalue weighted by molar-refractivity contribution is 6.20. The Bertz CT molecular complexity index is 1210. The molecule has 5 rings (SSSR count). The van der Waals surface area contributed by atoms with Gasteiger partial charge in [-0.15, -0.1) is 0 Å². The molecule has 1 saturated heterocycles. The molecule has 0 saturated carbocycles. The molecule has 2 aromatic carbocycles. The SMILES string of the molecule is CCc1cc2c(cc1N1CCOCC1)C(C)(C)c1[nH]c3cc(/C=N/C)ccc3c1C2=O. The van der Waals surface area contributed by atoms with Crippen LogP contribution in [0.3, 0.4) is 0 Å². The Balaban J connectivity index is 1.71. The van der Waals surface area contributed by atoms with Crippen molar-refractivity contribution in [3.8, 4) is 0 Å². The first-order chi connectivity index (χ1) is 15.0. The maximum absolute atomic E-state index is 13.8. The number of morpholine rings is 1. The number of aromatic amines is 1. The first kappa shape index (κ1) is 20.0. The quantitative estimate of drug-likeness (QED) is 0.642. The van der Waals surface area contributed by atoms with Crippen LogP contribution in [0.2, 0.25) is 0 Å². The van der Waals surface area contributed by atoms with Gasteiger partial charge in [0.25, 0.3) is 0 Å². The van der Waals surface area contributed by atoms with E-state index in [1.165, 1.54) is 11.3 Å². The average Bonchev–Trinajstić information content (AvgIpc) is 3.18. The van der Waals surface area contributed by atoms with Gasteiger partial charge in [0.15, 0.2) is 5.78 Å². The van der Waals surface area contributed by atoms with Crippen LogP contribution in [0, 0.1) is 0 Å². The monoisotopic (exact) mass is 415 g/mol. The van der Waals surface area contributed by atoms with Gasteiger partial charge in [0.05, 0.1) is 18.8 Å². The van der Waals surface area contributed by atoms with E-state index in [1.807, 2.05) is 18.3 Å². The fraction of sp³-hybridized carbons (Fsp3) is 0.385. The van der Waals surface area contributed by atoms with Crippen molar-refractivity contribution < 1.29 is 9.53 Å². The third kappa shape index (κ3) is 3.02. The number of rotatable bonds is 3. The Morgan fingerprint density at radius 1 is 1.19 bits per heavy atom. The summed E-state index contributed by atoms with van der Waals surface area (Å²) in [6.07, 6.45) is 2.73. The van der Waals surface area contributed by atoms with Gasteiger partial charge in [-0.05, 0) is 41.3 Å². The normalized spacial score (nSPS) is 17.9. The molecule has 2 aliphatic rings. The van der Waals surface area contributed by atoms with Crippen molar-refractivity contribution in [3.63, 3.8) is 0 Å². The van der Waals surface area contributed by atoms with Gasteiger partial charge in [-0.25, -0.2) is 0 Å². The molecule has 5 nitrogen and oxygen atoms in total. The molecule has 0 amide bonds. The number of aromatic nitrogens is 1. The van der Waals surface area contributed by atoms with E-state index in [2.05, 4.69) is 53.8 Å². The fourth-order valence-electron chi connectivity index (χ4n) is 5.14. The third-order valence-corrected chi connectivity index (χ3v) is 6.82. The topological polar surface area (TPSA) is 57.7 Å². The summed E-state index contributed by atoms with van der Waals surface area (Å²) in [5.41, 5.74) is 7.94. The number of benzene rings is 2. The van der Waals surface area contributed by atoms with Gasteiger partial charge >= 0.3 is 0 Å². The van der Waals surface area contributed by atoms with Gasteiger partial charge < -0.3 is 14.6 Å². The summed E-state index contributed by atoms with van der Waals surface area (Å²) in [5.74, 6) is 0.121. The molecule has 1 aliphatic carbocycles. The molecule has 3 aromatic rings. The molecule has 0 radical (unpaired) electrons. The van der Waals surface area contributed by atoms with Crippen LogP contribution in [0.1, 0.15) is 59.1 Å². The fourth-order valence-corrected chi connectivity index (χ4v) is 5.14. The van der Waals surface area contributed by atoms with Crippen molar-refractivity contribution in [2.45, 2.75) is 32.6 Å². The van der Waals surface area contributed by atoms with Crippen LogP contribution >= 0.6 is 0 Å². The highest BCUT2D eigenvalue weighted by Gasteiger charge is 2.40. The number of carbonyl (C=O) groups is 1. The Morgan fingerprint density at radius 3 is 2.68 bits per heavy atom. The van der Waals surface area contributed by atoms with Crippen molar-refractivity contribution >= 4 is 28.6 Å². The van der Waals surface area contributed by atoms with Crippen LogP contribution in [0.5, 0.6) is 0 Å². The molecular weight excluding hydrogens is 386 g/mol. The number of ketones is 1. The zero-order valence-corrected chi connectivity index (χ0v) is 18.7. The van der Waals surface area contributed by atoms with E-state index >= 15 is 0 Å². The van der Waals surface area contributed by atoms with Crippen LogP contribution in [-0.4, -0.2) is 50.3 Å². The van der Waals surface area contributed by atoms with E-state index in [0.717, 1.165) is 71.6 Å². The van der Waals surface area contributed by atoms with Gasteiger partial charge in [0.1, 0.15) is 0 Å². The van der Waals surface area contributed by atoms with Gasteiger partial charge in [-0.2, -0.15) is 0 Å². The summed E-state index contributed by atoms with van der Waals surface area (Å²) in [4.78, 5) is 23.9. The third-order valence-electron chi connectivity index (χ3n) is 6.82.